The van der Waals surface area contributed by atoms with Crippen LogP contribution in [0.5, 0.6) is 0 Å². The van der Waals surface area contributed by atoms with E-state index in [0.717, 1.165) is 10.9 Å². The highest BCUT2D eigenvalue weighted by molar-refractivity contribution is 9.10. The van der Waals surface area contributed by atoms with Gasteiger partial charge < -0.3 is 5.11 Å². The number of fused-ring (bicyclic) bond motifs is 1. The predicted molar refractivity (Wildman–Crippen MR) is 66.6 cm³/mol. The number of rotatable bonds is 2. The van der Waals surface area contributed by atoms with Gasteiger partial charge in [0.25, 0.3) is 0 Å². The normalized spacial score (nSPS) is 21.8. The molecule has 0 saturated carbocycles. The highest BCUT2D eigenvalue weighted by Gasteiger charge is 2.39. The average molecular weight is 283 g/mol. The number of carbonyl (C=O) groups is 1. The maximum absolute atomic E-state index is 10.9. The van der Waals surface area contributed by atoms with Crippen LogP contribution < -0.4 is 0 Å². The van der Waals surface area contributed by atoms with E-state index in [-0.39, 0.29) is 17.8 Å². The Morgan fingerprint density at radius 2 is 2.25 bits per heavy atom. The highest BCUT2D eigenvalue weighted by atomic mass is 79.9. The molecule has 1 aromatic carbocycles. The molecule has 1 aliphatic rings. The largest absolute Gasteiger partial charge is 0.481 e. The molecule has 1 atom stereocenters. The highest BCUT2D eigenvalue weighted by Crippen LogP contribution is 2.49. The minimum atomic E-state index is -0.717. The van der Waals surface area contributed by atoms with Crippen molar-refractivity contribution in [2.24, 2.45) is 5.41 Å². The molecule has 0 aliphatic heterocycles. The van der Waals surface area contributed by atoms with Gasteiger partial charge in [-0.3, -0.25) is 4.79 Å². The molecule has 0 heterocycles. The second kappa shape index (κ2) is 3.88. The number of carboxylic acid groups (broad SMARTS) is 1. The molecule has 1 aliphatic carbocycles. The van der Waals surface area contributed by atoms with Crippen LogP contribution in [0.25, 0.3) is 0 Å². The fraction of sp³-hybridized carbons (Fsp3) is 0.462. The number of halogens is 1. The number of benzene rings is 1. The smallest absolute Gasteiger partial charge is 0.303 e. The number of hydrogen-bond donors (Lipinski definition) is 1. The van der Waals surface area contributed by atoms with Crippen LogP contribution in [0.3, 0.4) is 0 Å². The lowest BCUT2D eigenvalue weighted by Gasteiger charge is -2.26. The third kappa shape index (κ3) is 2.01. The van der Waals surface area contributed by atoms with Gasteiger partial charge in [0.15, 0.2) is 0 Å². The number of hydrogen-bond acceptors (Lipinski definition) is 1. The first-order chi connectivity index (χ1) is 7.40. The summed E-state index contributed by atoms with van der Waals surface area (Å²) in [7, 11) is 0. The second-order valence-electron chi connectivity index (χ2n) is 5.16. The van der Waals surface area contributed by atoms with E-state index in [1.165, 1.54) is 11.1 Å². The van der Waals surface area contributed by atoms with Gasteiger partial charge in [0.05, 0.1) is 6.42 Å². The summed E-state index contributed by atoms with van der Waals surface area (Å²) in [6.45, 7) is 4.29. The fourth-order valence-electron chi connectivity index (χ4n) is 2.65. The Morgan fingerprint density at radius 1 is 1.56 bits per heavy atom. The molecule has 0 saturated heterocycles. The van der Waals surface area contributed by atoms with E-state index in [1.54, 1.807) is 0 Å². The Morgan fingerprint density at radius 3 is 2.88 bits per heavy atom. The van der Waals surface area contributed by atoms with Gasteiger partial charge in [0.2, 0.25) is 0 Å². The van der Waals surface area contributed by atoms with Gasteiger partial charge >= 0.3 is 5.97 Å². The third-order valence-corrected chi connectivity index (χ3v) is 3.94. The zero-order chi connectivity index (χ0) is 11.9. The molecular formula is C13H15BrO2. The molecule has 0 bridgehead atoms. The lowest BCUT2D eigenvalue weighted by molar-refractivity contribution is -0.138. The van der Waals surface area contributed by atoms with Crippen LogP contribution in [-0.4, -0.2) is 11.1 Å². The molecule has 86 valence electrons. The van der Waals surface area contributed by atoms with Crippen molar-refractivity contribution in [2.45, 2.75) is 32.6 Å². The second-order valence-corrected chi connectivity index (χ2v) is 6.07. The minimum absolute atomic E-state index is 0.0432. The first-order valence-corrected chi connectivity index (χ1v) is 6.19. The van der Waals surface area contributed by atoms with E-state index in [9.17, 15) is 4.79 Å². The van der Waals surface area contributed by atoms with E-state index >= 15 is 0 Å². The molecule has 0 amide bonds. The van der Waals surface area contributed by atoms with Crippen LogP contribution in [-0.2, 0) is 11.2 Å². The molecule has 1 unspecified atom stereocenters. The van der Waals surface area contributed by atoms with Crippen molar-refractivity contribution < 1.29 is 9.90 Å². The number of carboxylic acids is 1. The average Bonchev–Trinajstić information content (AvgIpc) is 2.38. The van der Waals surface area contributed by atoms with Crippen molar-refractivity contribution >= 4 is 21.9 Å². The molecule has 2 nitrogen and oxygen atoms in total. The van der Waals surface area contributed by atoms with Crippen LogP contribution in [0.2, 0.25) is 0 Å². The molecular weight excluding hydrogens is 268 g/mol. The first kappa shape index (κ1) is 11.6. The summed E-state index contributed by atoms with van der Waals surface area (Å²) < 4.78 is 1.03. The Hall–Kier alpha value is -0.830. The summed E-state index contributed by atoms with van der Waals surface area (Å²) >= 11 is 3.45. The lowest BCUT2D eigenvalue weighted by atomic mass is 9.78. The molecule has 1 aromatic rings. The fourth-order valence-corrected chi connectivity index (χ4v) is 3.03. The van der Waals surface area contributed by atoms with Gasteiger partial charge in [-0.1, -0.05) is 35.8 Å². The van der Waals surface area contributed by atoms with Crippen molar-refractivity contribution in [2.75, 3.05) is 0 Å². The third-order valence-electron chi connectivity index (χ3n) is 3.45. The zero-order valence-corrected chi connectivity index (χ0v) is 11.0. The summed E-state index contributed by atoms with van der Waals surface area (Å²) in [6.07, 6.45) is 1.18. The predicted octanol–water partition coefficient (Wildman–Crippen LogP) is 3.59. The molecule has 0 radical (unpaired) electrons. The van der Waals surface area contributed by atoms with E-state index in [0.29, 0.717) is 0 Å². The molecule has 16 heavy (non-hydrogen) atoms. The van der Waals surface area contributed by atoms with E-state index in [1.807, 2.05) is 6.07 Å². The standard InChI is InChI=1S/C13H15BrO2/c1-13(2)7-8-3-4-9(14)5-10(8)11(13)6-12(15)16/h3-5,11H,6-7H2,1-2H3,(H,15,16). The molecule has 0 aromatic heterocycles. The van der Waals surface area contributed by atoms with Gasteiger partial charge in [-0.25, -0.2) is 0 Å². The monoisotopic (exact) mass is 282 g/mol. The van der Waals surface area contributed by atoms with Crippen molar-refractivity contribution in [3.63, 3.8) is 0 Å². The molecule has 2 rings (SSSR count). The molecule has 0 spiro atoms. The van der Waals surface area contributed by atoms with Crippen LogP contribution in [0.15, 0.2) is 22.7 Å². The Balaban J connectivity index is 2.43. The Kier molecular flexibility index (Phi) is 2.82. The Labute approximate surface area is 104 Å². The van der Waals surface area contributed by atoms with E-state index in [4.69, 9.17) is 5.11 Å². The van der Waals surface area contributed by atoms with Gasteiger partial charge in [-0.15, -0.1) is 0 Å². The van der Waals surface area contributed by atoms with Gasteiger partial charge in [-0.2, -0.15) is 0 Å². The van der Waals surface area contributed by atoms with Gasteiger partial charge in [0, 0.05) is 10.4 Å². The summed E-state index contributed by atoms with van der Waals surface area (Å²) in [5.74, 6) is -0.594. The van der Waals surface area contributed by atoms with Crippen LogP contribution >= 0.6 is 15.9 Å². The molecule has 3 heteroatoms. The lowest BCUT2D eigenvalue weighted by Crippen LogP contribution is -2.20. The van der Waals surface area contributed by atoms with E-state index < -0.39 is 5.97 Å². The number of aliphatic carboxylic acids is 1. The zero-order valence-electron chi connectivity index (χ0n) is 9.46. The van der Waals surface area contributed by atoms with Crippen LogP contribution in [0.4, 0.5) is 0 Å². The summed E-state index contributed by atoms with van der Waals surface area (Å²) in [4.78, 5) is 10.9. The maximum Gasteiger partial charge on any atom is 0.303 e. The first-order valence-electron chi connectivity index (χ1n) is 5.40. The molecule has 0 fully saturated rings. The van der Waals surface area contributed by atoms with Crippen LogP contribution in [0.1, 0.15) is 37.3 Å². The van der Waals surface area contributed by atoms with Crippen molar-refractivity contribution in [3.05, 3.63) is 33.8 Å². The topological polar surface area (TPSA) is 37.3 Å². The van der Waals surface area contributed by atoms with Gasteiger partial charge in [0.1, 0.15) is 0 Å². The van der Waals surface area contributed by atoms with Crippen molar-refractivity contribution in [3.8, 4) is 0 Å². The summed E-state index contributed by atoms with van der Waals surface area (Å²) in [5.41, 5.74) is 2.53. The quantitative estimate of drug-likeness (QED) is 0.900. The van der Waals surface area contributed by atoms with Crippen molar-refractivity contribution in [1.82, 2.24) is 0 Å². The SMILES string of the molecule is CC1(C)Cc2ccc(Br)cc2C1CC(=O)O. The van der Waals surface area contributed by atoms with Crippen LogP contribution in [0, 0.1) is 5.41 Å². The maximum atomic E-state index is 10.9. The molecule has 1 N–H and O–H groups in total. The minimum Gasteiger partial charge on any atom is -0.481 e. The Bertz CT molecular complexity index is 438. The van der Waals surface area contributed by atoms with E-state index in [2.05, 4.69) is 41.9 Å². The van der Waals surface area contributed by atoms with Gasteiger partial charge in [-0.05, 0) is 35.1 Å². The van der Waals surface area contributed by atoms with Crippen molar-refractivity contribution in [1.29, 1.82) is 0 Å². The summed E-state index contributed by atoms with van der Waals surface area (Å²) in [6, 6.07) is 6.19. The summed E-state index contributed by atoms with van der Waals surface area (Å²) in [5, 5.41) is 8.99.